The predicted molar refractivity (Wildman–Crippen MR) is 183 cm³/mol. The van der Waals surface area contributed by atoms with Gasteiger partial charge in [-0.15, -0.1) is 0 Å². The molecule has 3 aromatic carbocycles. The lowest BCUT2D eigenvalue weighted by Gasteiger charge is -2.33. The molecule has 9 heteroatoms. The Balaban J connectivity index is 1.61. The van der Waals surface area contributed by atoms with Gasteiger partial charge in [0.15, 0.2) is 0 Å². The molecule has 0 aliphatic rings. The van der Waals surface area contributed by atoms with Crippen LogP contribution in [0.1, 0.15) is 54.2 Å². The van der Waals surface area contributed by atoms with Crippen molar-refractivity contribution in [1.29, 1.82) is 0 Å². The van der Waals surface area contributed by atoms with Gasteiger partial charge in [-0.2, -0.15) is 0 Å². The number of aliphatic hydroxyl groups is 1. The maximum atomic E-state index is 13.6. The number of aryl methyl sites for hydroxylation is 1. The van der Waals surface area contributed by atoms with E-state index in [2.05, 4.69) is 20.9 Å². The average molecular weight is 637 g/mol. The van der Waals surface area contributed by atoms with Gasteiger partial charge >= 0.3 is 6.09 Å². The number of hydrogen-bond donors (Lipinski definition) is 5. The Kier molecular flexibility index (Phi) is 11.9. The minimum absolute atomic E-state index is 0.100. The normalized spacial score (nSPS) is 13.9. The number of rotatable bonds is 13. The van der Waals surface area contributed by atoms with Gasteiger partial charge in [0, 0.05) is 23.4 Å². The minimum atomic E-state index is -1.30. The summed E-state index contributed by atoms with van der Waals surface area (Å²) in [5, 5.41) is 29.6. The van der Waals surface area contributed by atoms with Gasteiger partial charge in [0.1, 0.15) is 6.04 Å². The molecule has 9 nitrogen and oxygen atoms in total. The standard InChI is InChI=1S/C38H44N4O5/c1-25-12-8-9-15-30(25)35(44)41-32(23-26-13-6-5-7-14-26)33(43)24-29(40-36(45)34(38(2,3)4)42-37(46)47)22-27-17-19-28(20-18-27)31-16-10-11-21-39-31/h5-21,29,32-34,42-43H,22-24H2,1-4H3,(H,40,45)(H,41,44)(H,46,47)/t29-,32+,33+,34-/m1/s1. The first-order chi connectivity index (χ1) is 22.4. The predicted octanol–water partition coefficient (Wildman–Crippen LogP) is 5.56. The highest BCUT2D eigenvalue weighted by Gasteiger charge is 2.35. The van der Waals surface area contributed by atoms with Crippen LogP contribution < -0.4 is 16.0 Å². The monoisotopic (exact) mass is 636 g/mol. The summed E-state index contributed by atoms with van der Waals surface area (Å²) in [6, 6.07) is 28.1. The van der Waals surface area contributed by atoms with Crippen LogP contribution in [0.5, 0.6) is 0 Å². The zero-order chi connectivity index (χ0) is 34.0. The number of amides is 3. The Hall–Kier alpha value is -5.02. The molecule has 0 fully saturated rings. The molecule has 0 bridgehead atoms. The number of hydrogen-bond acceptors (Lipinski definition) is 5. The van der Waals surface area contributed by atoms with Crippen molar-refractivity contribution in [3.63, 3.8) is 0 Å². The first-order valence-corrected chi connectivity index (χ1v) is 15.8. The van der Waals surface area contributed by atoms with Crippen molar-refractivity contribution in [3.05, 3.63) is 126 Å². The molecule has 3 amide bonds. The van der Waals surface area contributed by atoms with E-state index in [-0.39, 0.29) is 12.3 Å². The molecule has 4 aromatic rings. The smallest absolute Gasteiger partial charge is 0.405 e. The van der Waals surface area contributed by atoms with Crippen LogP contribution in [0, 0.1) is 12.3 Å². The first kappa shape index (κ1) is 34.8. The molecule has 0 saturated carbocycles. The van der Waals surface area contributed by atoms with Crippen LogP contribution in [-0.4, -0.2) is 57.3 Å². The summed E-state index contributed by atoms with van der Waals surface area (Å²) < 4.78 is 0. The fourth-order valence-electron chi connectivity index (χ4n) is 5.59. The lowest BCUT2D eigenvalue weighted by atomic mass is 9.85. The van der Waals surface area contributed by atoms with Crippen molar-refractivity contribution in [3.8, 4) is 11.3 Å². The van der Waals surface area contributed by atoms with E-state index in [1.807, 2.05) is 91.9 Å². The number of nitrogens with zero attached hydrogens (tertiary/aromatic N) is 1. The van der Waals surface area contributed by atoms with Crippen molar-refractivity contribution < 1.29 is 24.6 Å². The maximum Gasteiger partial charge on any atom is 0.405 e. The molecule has 0 aliphatic heterocycles. The second kappa shape index (κ2) is 16.0. The van der Waals surface area contributed by atoms with E-state index in [1.54, 1.807) is 39.1 Å². The third-order valence-electron chi connectivity index (χ3n) is 8.13. The Morgan fingerprint density at radius 2 is 1.40 bits per heavy atom. The highest BCUT2D eigenvalue weighted by molar-refractivity contribution is 5.95. The summed E-state index contributed by atoms with van der Waals surface area (Å²) in [4.78, 5) is 43.0. The summed E-state index contributed by atoms with van der Waals surface area (Å²) >= 11 is 0. The molecule has 0 aliphatic carbocycles. The zero-order valence-electron chi connectivity index (χ0n) is 27.3. The third kappa shape index (κ3) is 10.2. The summed E-state index contributed by atoms with van der Waals surface area (Å²) in [6.07, 6.45) is 0.203. The quantitative estimate of drug-likeness (QED) is 0.130. The molecule has 47 heavy (non-hydrogen) atoms. The summed E-state index contributed by atoms with van der Waals surface area (Å²) in [5.74, 6) is -0.794. The molecular formula is C38H44N4O5. The fourth-order valence-corrected chi connectivity index (χ4v) is 5.59. The number of carbonyl (C=O) groups is 3. The van der Waals surface area contributed by atoms with Crippen LogP contribution >= 0.6 is 0 Å². The van der Waals surface area contributed by atoms with Crippen LogP contribution in [-0.2, 0) is 17.6 Å². The summed E-state index contributed by atoms with van der Waals surface area (Å²) in [5.41, 5.74) is 4.23. The largest absolute Gasteiger partial charge is 0.465 e. The number of carbonyl (C=O) groups excluding carboxylic acids is 2. The van der Waals surface area contributed by atoms with E-state index in [4.69, 9.17) is 0 Å². The molecule has 246 valence electrons. The molecule has 1 aromatic heterocycles. The van der Waals surface area contributed by atoms with Gasteiger partial charge in [-0.25, -0.2) is 4.79 Å². The van der Waals surface area contributed by atoms with E-state index in [9.17, 15) is 24.6 Å². The molecule has 5 N–H and O–H groups in total. The Labute approximate surface area is 276 Å². The van der Waals surface area contributed by atoms with Gasteiger partial charge < -0.3 is 26.2 Å². The van der Waals surface area contributed by atoms with Crippen LogP contribution in [0.15, 0.2) is 103 Å². The van der Waals surface area contributed by atoms with E-state index in [1.165, 1.54) is 0 Å². The molecule has 0 spiro atoms. The molecule has 1 heterocycles. The van der Waals surface area contributed by atoms with Gasteiger partial charge in [0.25, 0.3) is 5.91 Å². The van der Waals surface area contributed by atoms with E-state index in [0.29, 0.717) is 18.4 Å². The molecule has 4 atom stereocenters. The van der Waals surface area contributed by atoms with Crippen molar-refractivity contribution >= 4 is 17.9 Å². The van der Waals surface area contributed by atoms with Crippen molar-refractivity contribution in [1.82, 2.24) is 20.9 Å². The topological polar surface area (TPSA) is 141 Å². The fraction of sp³-hybridized carbons (Fsp3) is 0.316. The number of nitrogens with one attached hydrogen (secondary N) is 3. The molecule has 4 rings (SSSR count). The lowest BCUT2D eigenvalue weighted by Crippen LogP contribution is -2.56. The Bertz CT molecular complexity index is 1620. The number of aromatic nitrogens is 1. The number of aliphatic hydroxyl groups excluding tert-OH is 1. The molecular weight excluding hydrogens is 592 g/mol. The lowest BCUT2D eigenvalue weighted by molar-refractivity contribution is -0.126. The van der Waals surface area contributed by atoms with Crippen LogP contribution in [0.2, 0.25) is 0 Å². The number of benzene rings is 3. The zero-order valence-corrected chi connectivity index (χ0v) is 27.3. The highest BCUT2D eigenvalue weighted by atomic mass is 16.4. The second-order valence-electron chi connectivity index (χ2n) is 13.0. The maximum absolute atomic E-state index is 13.6. The van der Waals surface area contributed by atoms with Crippen molar-refractivity contribution in [2.75, 3.05) is 0 Å². The van der Waals surface area contributed by atoms with Crippen LogP contribution in [0.3, 0.4) is 0 Å². The van der Waals surface area contributed by atoms with Gasteiger partial charge in [-0.1, -0.05) is 99.6 Å². The Morgan fingerprint density at radius 1 is 0.766 bits per heavy atom. The third-order valence-corrected chi connectivity index (χ3v) is 8.13. The highest BCUT2D eigenvalue weighted by Crippen LogP contribution is 2.22. The summed E-state index contributed by atoms with van der Waals surface area (Å²) in [7, 11) is 0. The van der Waals surface area contributed by atoms with Crippen molar-refractivity contribution in [2.45, 2.75) is 71.2 Å². The molecule has 0 unspecified atom stereocenters. The minimum Gasteiger partial charge on any atom is -0.465 e. The average Bonchev–Trinajstić information content (AvgIpc) is 3.04. The van der Waals surface area contributed by atoms with Crippen LogP contribution in [0.4, 0.5) is 4.79 Å². The summed E-state index contributed by atoms with van der Waals surface area (Å²) in [6.45, 7) is 7.21. The van der Waals surface area contributed by atoms with E-state index >= 15 is 0 Å². The number of pyridine rings is 1. The van der Waals surface area contributed by atoms with Gasteiger partial charge in [-0.3, -0.25) is 14.6 Å². The Morgan fingerprint density at radius 3 is 2.02 bits per heavy atom. The molecule has 0 saturated heterocycles. The second-order valence-corrected chi connectivity index (χ2v) is 13.0. The van der Waals surface area contributed by atoms with Crippen LogP contribution in [0.25, 0.3) is 11.3 Å². The van der Waals surface area contributed by atoms with Gasteiger partial charge in [0.2, 0.25) is 5.91 Å². The first-order valence-electron chi connectivity index (χ1n) is 15.8. The van der Waals surface area contributed by atoms with Gasteiger partial charge in [0.05, 0.1) is 17.8 Å². The molecule has 0 radical (unpaired) electrons. The SMILES string of the molecule is Cc1ccccc1C(=O)N[C@@H](Cc1ccccc1)[C@@H](O)C[C@@H](Cc1ccc(-c2ccccn2)cc1)NC(=O)[C@@H](NC(=O)O)C(C)(C)C. The van der Waals surface area contributed by atoms with Crippen molar-refractivity contribution in [2.24, 2.45) is 5.41 Å². The number of carboxylic acid groups (broad SMARTS) is 1. The van der Waals surface area contributed by atoms with E-state index < -0.39 is 41.6 Å². The van der Waals surface area contributed by atoms with E-state index in [0.717, 1.165) is 27.9 Å². The van der Waals surface area contributed by atoms with Gasteiger partial charge in [-0.05, 0) is 66.5 Å².